The molecule has 1 amide bonds. The molecule has 1 aliphatic heterocycles. The van der Waals surface area contributed by atoms with E-state index in [0.29, 0.717) is 13.0 Å². The van der Waals surface area contributed by atoms with Crippen LogP contribution in [0.1, 0.15) is 46.5 Å². The van der Waals surface area contributed by atoms with E-state index in [4.69, 9.17) is 10.5 Å². The first kappa shape index (κ1) is 14.5. The van der Waals surface area contributed by atoms with Gasteiger partial charge in [0.15, 0.2) is 0 Å². The molecule has 0 aliphatic carbocycles. The van der Waals surface area contributed by atoms with Crippen molar-refractivity contribution in [1.82, 2.24) is 4.90 Å². The smallest absolute Gasteiger partial charge is 0.222 e. The molecule has 1 heterocycles. The Labute approximate surface area is 104 Å². The van der Waals surface area contributed by atoms with Gasteiger partial charge < -0.3 is 15.4 Å². The fourth-order valence-electron chi connectivity index (χ4n) is 2.21. The van der Waals surface area contributed by atoms with Crippen molar-refractivity contribution >= 4 is 5.91 Å². The lowest BCUT2D eigenvalue weighted by Gasteiger charge is -2.38. The number of hydrogen-bond acceptors (Lipinski definition) is 3. The van der Waals surface area contributed by atoms with Crippen LogP contribution in [0.5, 0.6) is 0 Å². The van der Waals surface area contributed by atoms with Gasteiger partial charge in [0.2, 0.25) is 5.91 Å². The van der Waals surface area contributed by atoms with Crippen LogP contribution in [0.25, 0.3) is 0 Å². The number of hydrogen-bond donors (Lipinski definition) is 1. The molecule has 0 spiro atoms. The van der Waals surface area contributed by atoms with E-state index in [1.54, 1.807) is 0 Å². The summed E-state index contributed by atoms with van der Waals surface area (Å²) in [6, 6.07) is 0.447. The zero-order valence-electron chi connectivity index (χ0n) is 11.3. The predicted molar refractivity (Wildman–Crippen MR) is 68.7 cm³/mol. The molecule has 17 heavy (non-hydrogen) atoms. The minimum absolute atomic E-state index is 0.162. The van der Waals surface area contributed by atoms with E-state index >= 15 is 0 Å². The highest BCUT2D eigenvalue weighted by atomic mass is 16.5. The maximum Gasteiger partial charge on any atom is 0.222 e. The van der Waals surface area contributed by atoms with E-state index in [-0.39, 0.29) is 24.1 Å². The van der Waals surface area contributed by atoms with Gasteiger partial charge in [0.1, 0.15) is 0 Å². The van der Waals surface area contributed by atoms with E-state index in [9.17, 15) is 4.79 Å². The maximum absolute atomic E-state index is 12.1. The van der Waals surface area contributed by atoms with Gasteiger partial charge in [-0.25, -0.2) is 0 Å². The molecule has 1 rings (SSSR count). The molecular weight excluding hydrogens is 216 g/mol. The van der Waals surface area contributed by atoms with Crippen LogP contribution in [0.4, 0.5) is 0 Å². The van der Waals surface area contributed by atoms with Gasteiger partial charge in [-0.15, -0.1) is 0 Å². The first-order valence-corrected chi connectivity index (χ1v) is 6.71. The summed E-state index contributed by atoms with van der Waals surface area (Å²) in [7, 11) is 0. The Morgan fingerprint density at radius 2 is 2.29 bits per heavy atom. The van der Waals surface area contributed by atoms with Gasteiger partial charge in [-0.3, -0.25) is 4.79 Å². The van der Waals surface area contributed by atoms with E-state index in [1.165, 1.54) is 0 Å². The van der Waals surface area contributed by atoms with Crippen LogP contribution in [-0.4, -0.2) is 42.1 Å². The molecule has 0 aromatic heterocycles. The summed E-state index contributed by atoms with van der Waals surface area (Å²) in [6.45, 7) is 7.52. The molecule has 0 aromatic carbocycles. The van der Waals surface area contributed by atoms with Gasteiger partial charge in [-0.05, 0) is 33.1 Å². The Balaban J connectivity index is 2.41. The molecule has 2 N–H and O–H groups in total. The first-order valence-electron chi connectivity index (χ1n) is 6.71. The Morgan fingerprint density at radius 1 is 1.59 bits per heavy atom. The number of carbonyl (C=O) groups is 1. The lowest BCUT2D eigenvalue weighted by atomic mass is 10.1. The lowest BCUT2D eigenvalue weighted by Crippen LogP contribution is -2.51. The molecule has 1 fully saturated rings. The summed E-state index contributed by atoms with van der Waals surface area (Å²) < 4.78 is 5.59. The Kier molecular flexibility index (Phi) is 5.92. The van der Waals surface area contributed by atoms with Crippen LogP contribution in [0, 0.1) is 0 Å². The summed E-state index contributed by atoms with van der Waals surface area (Å²) in [6.07, 6.45) is 3.55. The Morgan fingerprint density at radius 3 is 2.88 bits per heavy atom. The van der Waals surface area contributed by atoms with E-state index in [2.05, 4.69) is 6.92 Å². The second kappa shape index (κ2) is 6.97. The molecule has 1 saturated heterocycles. The second-order valence-electron chi connectivity index (χ2n) is 5.12. The van der Waals surface area contributed by atoms with Crippen LogP contribution < -0.4 is 5.73 Å². The SMILES string of the molecule is CCC1COC(C)CN1C(=O)CCCC(C)N. The van der Waals surface area contributed by atoms with E-state index in [0.717, 1.165) is 25.8 Å². The third-order valence-corrected chi connectivity index (χ3v) is 3.31. The van der Waals surface area contributed by atoms with Crippen molar-refractivity contribution in [2.75, 3.05) is 13.2 Å². The van der Waals surface area contributed by atoms with Gasteiger partial charge >= 0.3 is 0 Å². The van der Waals surface area contributed by atoms with Crippen molar-refractivity contribution in [3.63, 3.8) is 0 Å². The average Bonchev–Trinajstić information content (AvgIpc) is 2.28. The molecule has 100 valence electrons. The summed E-state index contributed by atoms with van der Waals surface area (Å²) in [4.78, 5) is 14.1. The van der Waals surface area contributed by atoms with Crippen LogP contribution in [0.2, 0.25) is 0 Å². The highest BCUT2D eigenvalue weighted by molar-refractivity contribution is 5.76. The third-order valence-electron chi connectivity index (χ3n) is 3.31. The van der Waals surface area contributed by atoms with Gasteiger partial charge in [0.05, 0.1) is 18.8 Å². The number of morpholine rings is 1. The highest BCUT2D eigenvalue weighted by Gasteiger charge is 2.28. The molecule has 0 aromatic rings. The Bertz CT molecular complexity index is 244. The fraction of sp³-hybridized carbons (Fsp3) is 0.923. The molecule has 0 radical (unpaired) electrons. The number of ether oxygens (including phenoxy) is 1. The standard InChI is InChI=1S/C13H26N2O2/c1-4-12-9-17-11(3)8-15(12)13(16)7-5-6-10(2)14/h10-12H,4-9,14H2,1-3H3. The van der Waals surface area contributed by atoms with E-state index in [1.807, 2.05) is 18.7 Å². The molecule has 0 saturated carbocycles. The highest BCUT2D eigenvalue weighted by Crippen LogP contribution is 2.16. The average molecular weight is 242 g/mol. The maximum atomic E-state index is 12.1. The van der Waals surface area contributed by atoms with Crippen LogP contribution in [-0.2, 0) is 9.53 Å². The molecule has 4 heteroatoms. The number of carbonyl (C=O) groups excluding carboxylic acids is 1. The third kappa shape index (κ3) is 4.64. The second-order valence-corrected chi connectivity index (χ2v) is 5.12. The zero-order chi connectivity index (χ0) is 12.8. The van der Waals surface area contributed by atoms with Crippen molar-refractivity contribution in [2.24, 2.45) is 5.73 Å². The summed E-state index contributed by atoms with van der Waals surface area (Å²) >= 11 is 0. The van der Waals surface area contributed by atoms with Gasteiger partial charge in [0.25, 0.3) is 0 Å². The van der Waals surface area contributed by atoms with Crippen molar-refractivity contribution < 1.29 is 9.53 Å². The normalized spacial score (nSPS) is 26.9. The lowest BCUT2D eigenvalue weighted by molar-refractivity contribution is -0.144. The quantitative estimate of drug-likeness (QED) is 0.795. The molecule has 3 atom stereocenters. The fourth-order valence-corrected chi connectivity index (χ4v) is 2.21. The first-order chi connectivity index (χ1) is 8.04. The topological polar surface area (TPSA) is 55.6 Å². The van der Waals surface area contributed by atoms with Crippen molar-refractivity contribution in [1.29, 1.82) is 0 Å². The van der Waals surface area contributed by atoms with Crippen LogP contribution >= 0.6 is 0 Å². The zero-order valence-corrected chi connectivity index (χ0v) is 11.3. The van der Waals surface area contributed by atoms with Crippen molar-refractivity contribution in [2.45, 2.75) is 64.6 Å². The molecule has 0 bridgehead atoms. The Hall–Kier alpha value is -0.610. The minimum atomic E-state index is 0.162. The molecular formula is C13H26N2O2. The molecule has 4 nitrogen and oxygen atoms in total. The summed E-state index contributed by atoms with van der Waals surface area (Å²) in [5.41, 5.74) is 5.69. The van der Waals surface area contributed by atoms with Gasteiger partial charge in [-0.1, -0.05) is 6.92 Å². The summed E-state index contributed by atoms with van der Waals surface area (Å²) in [5, 5.41) is 0. The molecule has 3 unspecified atom stereocenters. The molecule has 1 aliphatic rings. The number of nitrogens with two attached hydrogens (primary N) is 1. The van der Waals surface area contributed by atoms with Crippen LogP contribution in [0.3, 0.4) is 0 Å². The van der Waals surface area contributed by atoms with Gasteiger partial charge in [0, 0.05) is 19.0 Å². The largest absolute Gasteiger partial charge is 0.375 e. The number of amides is 1. The number of nitrogens with zero attached hydrogens (tertiary/aromatic N) is 1. The summed E-state index contributed by atoms with van der Waals surface area (Å²) in [5.74, 6) is 0.257. The predicted octanol–water partition coefficient (Wildman–Crippen LogP) is 1.53. The van der Waals surface area contributed by atoms with Gasteiger partial charge in [-0.2, -0.15) is 0 Å². The monoisotopic (exact) mass is 242 g/mol. The van der Waals surface area contributed by atoms with Crippen molar-refractivity contribution in [3.05, 3.63) is 0 Å². The minimum Gasteiger partial charge on any atom is -0.375 e. The van der Waals surface area contributed by atoms with E-state index < -0.39 is 0 Å². The number of rotatable bonds is 5. The van der Waals surface area contributed by atoms with Crippen molar-refractivity contribution in [3.8, 4) is 0 Å². The van der Waals surface area contributed by atoms with Crippen LogP contribution in [0.15, 0.2) is 0 Å².